The molecular formula is C19H24N6O2S. The fraction of sp³-hybridized carbons (Fsp3) is 0.368. The first-order chi connectivity index (χ1) is 13.3. The topological polar surface area (TPSA) is 93.4 Å². The summed E-state index contributed by atoms with van der Waals surface area (Å²) in [6.45, 7) is 7.53. The van der Waals surface area contributed by atoms with Gasteiger partial charge in [-0.3, -0.25) is 5.32 Å². The smallest absolute Gasteiger partial charge is 0.412 e. The Bertz CT molecular complexity index is 996. The number of aromatic nitrogens is 4. The molecule has 0 bridgehead atoms. The average Bonchev–Trinajstić information content (AvgIpc) is 3.03. The predicted molar refractivity (Wildman–Crippen MR) is 112 cm³/mol. The minimum absolute atomic E-state index is 0.501. The normalized spacial score (nSPS) is 11.5. The molecule has 2 aromatic heterocycles. The molecule has 0 aliphatic heterocycles. The number of carbonyl (C=O) groups excluding carboxylic acids is 1. The molecule has 3 rings (SSSR count). The number of amides is 1. The molecule has 1 aromatic carbocycles. The Morgan fingerprint density at radius 2 is 2.00 bits per heavy atom. The second kappa shape index (κ2) is 8.05. The van der Waals surface area contributed by atoms with E-state index in [1.807, 2.05) is 39.2 Å². The molecule has 2 heterocycles. The van der Waals surface area contributed by atoms with Crippen molar-refractivity contribution in [2.45, 2.75) is 44.9 Å². The molecule has 0 aliphatic rings. The number of nitrogens with zero attached hydrogens (tertiary/aromatic N) is 4. The van der Waals surface area contributed by atoms with Gasteiger partial charge in [-0.2, -0.15) is 14.6 Å². The molecule has 0 saturated carbocycles. The molecule has 0 atom stereocenters. The van der Waals surface area contributed by atoms with Crippen LogP contribution in [0.3, 0.4) is 0 Å². The van der Waals surface area contributed by atoms with Crippen LogP contribution in [0, 0.1) is 0 Å². The zero-order valence-corrected chi connectivity index (χ0v) is 17.4. The average molecular weight is 401 g/mol. The van der Waals surface area contributed by atoms with E-state index in [1.54, 1.807) is 22.8 Å². The summed E-state index contributed by atoms with van der Waals surface area (Å²) in [7, 11) is 0. The van der Waals surface area contributed by atoms with Gasteiger partial charge in [0.2, 0.25) is 5.95 Å². The molecule has 0 unspecified atom stereocenters. The number of benzene rings is 1. The Balaban J connectivity index is 1.86. The number of fused-ring (bicyclic) bond motifs is 1. The van der Waals surface area contributed by atoms with Gasteiger partial charge in [0.15, 0.2) is 10.8 Å². The van der Waals surface area contributed by atoms with Crippen LogP contribution in [0.25, 0.3) is 5.65 Å². The highest BCUT2D eigenvalue weighted by Crippen LogP contribution is 2.23. The van der Waals surface area contributed by atoms with Gasteiger partial charge in [0, 0.05) is 16.9 Å². The Kier molecular flexibility index (Phi) is 5.73. The molecule has 148 valence electrons. The first-order valence-electron chi connectivity index (χ1n) is 8.95. The molecule has 0 spiro atoms. The lowest BCUT2D eigenvalue weighted by Crippen LogP contribution is -2.27. The Labute approximate surface area is 168 Å². The second-order valence-electron chi connectivity index (χ2n) is 7.13. The number of anilines is 3. The van der Waals surface area contributed by atoms with Crippen LogP contribution < -0.4 is 10.6 Å². The van der Waals surface area contributed by atoms with Crippen LogP contribution >= 0.6 is 11.8 Å². The fourth-order valence-electron chi connectivity index (χ4n) is 2.55. The van der Waals surface area contributed by atoms with Crippen LogP contribution in [0.4, 0.5) is 22.1 Å². The zero-order valence-electron chi connectivity index (χ0n) is 16.6. The number of nitrogens with one attached hydrogen (secondary N) is 2. The van der Waals surface area contributed by atoms with Gasteiger partial charge >= 0.3 is 6.09 Å². The maximum atomic E-state index is 12.0. The summed E-state index contributed by atoms with van der Waals surface area (Å²) >= 11 is 1.47. The number of hydrogen-bond acceptors (Lipinski definition) is 7. The van der Waals surface area contributed by atoms with Crippen molar-refractivity contribution >= 4 is 40.8 Å². The molecule has 1 amide bonds. The van der Waals surface area contributed by atoms with E-state index < -0.39 is 11.7 Å². The van der Waals surface area contributed by atoms with Crippen molar-refractivity contribution < 1.29 is 9.53 Å². The van der Waals surface area contributed by atoms with Gasteiger partial charge in [0.05, 0.1) is 6.20 Å². The SMILES string of the molecule is CCc1cnn2c(Nc3cccc(NC(=O)OC(C)(C)C)c3)nc(SC)nc12. The summed E-state index contributed by atoms with van der Waals surface area (Å²) in [4.78, 5) is 21.1. The van der Waals surface area contributed by atoms with E-state index in [4.69, 9.17) is 4.74 Å². The standard InChI is InChI=1S/C19H24N6O2S/c1-6-12-11-20-25-15(12)23-17(28-5)24-16(25)21-13-8-7-9-14(10-13)22-18(26)27-19(2,3)4/h7-11H,6H2,1-5H3,(H,22,26)(H,21,23,24). The third kappa shape index (κ3) is 4.72. The van der Waals surface area contributed by atoms with Gasteiger partial charge in [-0.15, -0.1) is 0 Å². The van der Waals surface area contributed by atoms with Crippen LogP contribution in [0.15, 0.2) is 35.6 Å². The number of hydrogen-bond donors (Lipinski definition) is 2. The van der Waals surface area contributed by atoms with Gasteiger partial charge in [0.1, 0.15) is 5.60 Å². The highest BCUT2D eigenvalue weighted by atomic mass is 32.2. The Morgan fingerprint density at radius 3 is 2.68 bits per heavy atom. The summed E-state index contributed by atoms with van der Waals surface area (Å²) in [5.74, 6) is 0.559. The van der Waals surface area contributed by atoms with Crippen LogP contribution in [-0.4, -0.2) is 37.5 Å². The lowest BCUT2D eigenvalue weighted by molar-refractivity contribution is 0.0636. The second-order valence-corrected chi connectivity index (χ2v) is 7.90. The third-order valence-corrected chi connectivity index (χ3v) is 4.30. The van der Waals surface area contributed by atoms with E-state index in [0.29, 0.717) is 16.8 Å². The number of thioether (sulfide) groups is 1. The summed E-state index contributed by atoms with van der Waals surface area (Å²) in [6, 6.07) is 7.32. The number of carbonyl (C=O) groups is 1. The van der Waals surface area contributed by atoms with Gasteiger partial charge < -0.3 is 10.1 Å². The molecule has 0 saturated heterocycles. The van der Waals surface area contributed by atoms with E-state index in [-0.39, 0.29) is 0 Å². The molecule has 0 radical (unpaired) electrons. The van der Waals surface area contributed by atoms with Crippen molar-refractivity contribution in [1.82, 2.24) is 19.6 Å². The van der Waals surface area contributed by atoms with Crippen molar-refractivity contribution in [3.05, 3.63) is 36.0 Å². The Hall–Kier alpha value is -2.81. The van der Waals surface area contributed by atoms with Crippen LogP contribution in [0.1, 0.15) is 33.3 Å². The third-order valence-electron chi connectivity index (χ3n) is 3.75. The zero-order chi connectivity index (χ0) is 20.3. The van der Waals surface area contributed by atoms with Gasteiger partial charge in [-0.25, -0.2) is 9.78 Å². The maximum Gasteiger partial charge on any atom is 0.412 e. The monoisotopic (exact) mass is 400 g/mol. The minimum atomic E-state index is -0.558. The molecule has 9 heteroatoms. The number of aryl methyl sites for hydroxylation is 1. The van der Waals surface area contributed by atoms with Crippen molar-refractivity contribution in [2.75, 3.05) is 16.9 Å². The van der Waals surface area contributed by atoms with Crippen LogP contribution in [0.5, 0.6) is 0 Å². The van der Waals surface area contributed by atoms with Gasteiger partial charge in [0.25, 0.3) is 0 Å². The highest BCUT2D eigenvalue weighted by molar-refractivity contribution is 7.98. The number of ether oxygens (including phenoxy) is 1. The first-order valence-corrected chi connectivity index (χ1v) is 10.2. The molecular weight excluding hydrogens is 376 g/mol. The van der Waals surface area contributed by atoms with E-state index in [9.17, 15) is 4.79 Å². The fourth-order valence-corrected chi connectivity index (χ4v) is 2.91. The lowest BCUT2D eigenvalue weighted by Gasteiger charge is -2.19. The van der Waals surface area contributed by atoms with E-state index in [1.165, 1.54) is 11.8 Å². The van der Waals surface area contributed by atoms with E-state index in [2.05, 4.69) is 32.6 Å². The first kappa shape index (κ1) is 19.9. The lowest BCUT2D eigenvalue weighted by atomic mass is 10.2. The molecule has 28 heavy (non-hydrogen) atoms. The van der Waals surface area contributed by atoms with Crippen molar-refractivity contribution in [3.63, 3.8) is 0 Å². The summed E-state index contributed by atoms with van der Waals surface area (Å²) < 4.78 is 6.98. The quantitative estimate of drug-likeness (QED) is 0.609. The van der Waals surface area contributed by atoms with Crippen LogP contribution in [0.2, 0.25) is 0 Å². The van der Waals surface area contributed by atoms with Crippen LogP contribution in [-0.2, 0) is 11.2 Å². The van der Waals surface area contributed by atoms with Gasteiger partial charge in [-0.05, 0) is 51.6 Å². The molecule has 0 fully saturated rings. The number of rotatable bonds is 5. The van der Waals surface area contributed by atoms with Gasteiger partial charge in [-0.1, -0.05) is 24.8 Å². The molecule has 2 N–H and O–H groups in total. The summed E-state index contributed by atoms with van der Waals surface area (Å²) in [5, 5.41) is 11.1. The molecule has 3 aromatic rings. The van der Waals surface area contributed by atoms with E-state index in [0.717, 1.165) is 23.3 Å². The molecule has 8 nitrogen and oxygen atoms in total. The van der Waals surface area contributed by atoms with Crippen molar-refractivity contribution in [3.8, 4) is 0 Å². The maximum absolute atomic E-state index is 12.0. The predicted octanol–water partition coefficient (Wildman–Crippen LogP) is 4.50. The summed E-state index contributed by atoms with van der Waals surface area (Å²) in [6.07, 6.45) is 4.07. The Morgan fingerprint density at radius 1 is 1.25 bits per heavy atom. The molecule has 0 aliphatic carbocycles. The largest absolute Gasteiger partial charge is 0.444 e. The van der Waals surface area contributed by atoms with Crippen molar-refractivity contribution in [1.29, 1.82) is 0 Å². The van der Waals surface area contributed by atoms with E-state index >= 15 is 0 Å². The highest BCUT2D eigenvalue weighted by Gasteiger charge is 2.16. The van der Waals surface area contributed by atoms with Crippen molar-refractivity contribution in [2.24, 2.45) is 0 Å². The summed E-state index contributed by atoms with van der Waals surface area (Å²) in [5.41, 5.74) is 2.66. The minimum Gasteiger partial charge on any atom is -0.444 e.